The van der Waals surface area contributed by atoms with Crippen LogP contribution in [0.2, 0.25) is 0 Å². The summed E-state index contributed by atoms with van der Waals surface area (Å²) in [5.41, 5.74) is 1.37. The van der Waals surface area contributed by atoms with Crippen LogP contribution >= 0.6 is 24.0 Å². The molecule has 0 aliphatic heterocycles. The maximum absolute atomic E-state index is 5.57. The van der Waals surface area contributed by atoms with Gasteiger partial charge in [-0.3, -0.25) is 0 Å². The molecular formula is C22H34IN3O3. The summed E-state index contributed by atoms with van der Waals surface area (Å²) in [7, 11) is 3.38. The molecule has 0 saturated heterocycles. The molecule has 0 unspecified atom stereocenters. The molecule has 0 heterocycles. The minimum atomic E-state index is 0. The monoisotopic (exact) mass is 515 g/mol. The van der Waals surface area contributed by atoms with Gasteiger partial charge in [-0.15, -0.1) is 30.4 Å². The number of methoxy groups -OCH3 is 2. The Morgan fingerprint density at radius 3 is 2.62 bits per heavy atom. The number of aliphatic imine (C=N–C) groups is 1. The average Bonchev–Trinajstić information content (AvgIpc) is 2.69. The van der Waals surface area contributed by atoms with E-state index in [9.17, 15) is 0 Å². The first-order chi connectivity index (χ1) is 13.7. The zero-order chi connectivity index (χ0) is 20.2. The van der Waals surface area contributed by atoms with Crippen molar-refractivity contribution in [2.45, 2.75) is 39.2 Å². The van der Waals surface area contributed by atoms with Crippen molar-refractivity contribution in [2.75, 3.05) is 40.5 Å². The number of nitrogens with zero attached hydrogens (tertiary/aromatic N) is 1. The summed E-state index contributed by atoms with van der Waals surface area (Å²) < 4.78 is 16.2. The van der Waals surface area contributed by atoms with E-state index in [0.29, 0.717) is 23.5 Å². The van der Waals surface area contributed by atoms with Crippen LogP contribution in [0.4, 0.5) is 0 Å². The molecule has 6 nitrogen and oxygen atoms in total. The Balaban J connectivity index is 0.00000420. The zero-order valence-electron chi connectivity index (χ0n) is 17.8. The fourth-order valence-electron chi connectivity index (χ4n) is 3.35. The van der Waals surface area contributed by atoms with Crippen molar-refractivity contribution < 1.29 is 14.2 Å². The molecule has 162 valence electrons. The number of halogens is 1. The lowest BCUT2D eigenvalue weighted by molar-refractivity contribution is 0.0732. The van der Waals surface area contributed by atoms with E-state index >= 15 is 0 Å². The first-order valence-corrected chi connectivity index (χ1v) is 9.90. The zero-order valence-corrected chi connectivity index (χ0v) is 20.1. The smallest absolute Gasteiger partial charge is 0.191 e. The Labute approximate surface area is 192 Å². The van der Waals surface area contributed by atoms with Gasteiger partial charge < -0.3 is 24.8 Å². The molecule has 29 heavy (non-hydrogen) atoms. The molecule has 0 atom stereocenters. The Kier molecular flexibility index (Phi) is 11.9. The van der Waals surface area contributed by atoms with Gasteiger partial charge in [-0.25, -0.2) is 4.99 Å². The lowest BCUT2D eigenvalue weighted by Crippen LogP contribution is -2.46. The van der Waals surface area contributed by atoms with Crippen molar-refractivity contribution in [3.8, 4) is 23.8 Å². The maximum atomic E-state index is 5.57. The average molecular weight is 515 g/mol. The van der Waals surface area contributed by atoms with E-state index in [1.807, 2.05) is 18.2 Å². The summed E-state index contributed by atoms with van der Waals surface area (Å²) in [4.78, 5) is 4.73. The van der Waals surface area contributed by atoms with Crippen LogP contribution < -0.4 is 20.1 Å². The predicted molar refractivity (Wildman–Crippen MR) is 128 cm³/mol. The topological polar surface area (TPSA) is 64.1 Å². The largest absolute Gasteiger partial charge is 0.493 e. The molecule has 1 aromatic rings. The van der Waals surface area contributed by atoms with Crippen molar-refractivity contribution >= 4 is 29.9 Å². The summed E-state index contributed by atoms with van der Waals surface area (Å²) in [6.07, 6.45) is 10.2. The van der Waals surface area contributed by atoms with Crippen molar-refractivity contribution in [3.05, 3.63) is 23.8 Å². The van der Waals surface area contributed by atoms with Crippen molar-refractivity contribution in [1.82, 2.24) is 10.6 Å². The lowest BCUT2D eigenvalue weighted by atomic mass is 9.67. The molecule has 2 rings (SSSR count). The van der Waals surface area contributed by atoms with Crippen molar-refractivity contribution in [2.24, 2.45) is 10.4 Å². The molecule has 0 bridgehead atoms. The summed E-state index contributed by atoms with van der Waals surface area (Å²) >= 11 is 0. The molecule has 0 spiro atoms. The van der Waals surface area contributed by atoms with Crippen molar-refractivity contribution in [3.63, 3.8) is 0 Å². The van der Waals surface area contributed by atoms with Crippen LogP contribution in [0.3, 0.4) is 0 Å². The highest BCUT2D eigenvalue weighted by Crippen LogP contribution is 2.43. The summed E-state index contributed by atoms with van der Waals surface area (Å²) in [6, 6.07) is 5.79. The fourth-order valence-corrected chi connectivity index (χ4v) is 3.35. The molecule has 1 aromatic carbocycles. The third-order valence-corrected chi connectivity index (χ3v) is 5.18. The normalized spacial score (nSPS) is 14.8. The summed E-state index contributed by atoms with van der Waals surface area (Å²) in [5, 5.41) is 6.84. The van der Waals surface area contributed by atoms with Gasteiger partial charge in [0.25, 0.3) is 0 Å². The molecule has 1 fully saturated rings. The molecule has 1 saturated carbocycles. The summed E-state index contributed by atoms with van der Waals surface area (Å²) in [6.45, 7) is 5.35. The number of nitrogens with one attached hydrogen (secondary N) is 2. The quantitative estimate of drug-likeness (QED) is 0.204. The van der Waals surface area contributed by atoms with Gasteiger partial charge in [0.2, 0.25) is 0 Å². The second-order valence-electron chi connectivity index (χ2n) is 7.12. The van der Waals surface area contributed by atoms with Crippen molar-refractivity contribution in [1.29, 1.82) is 0 Å². The predicted octanol–water partition coefficient (Wildman–Crippen LogP) is 3.59. The van der Waals surface area contributed by atoms with E-state index < -0.39 is 0 Å². The standard InChI is InChI=1S/C22H33N3O3.HI/c1-5-13-28-20-15-18(8-9-19(20)27-4)16-24-21(23-6-2)25-17-22(10-7-11-22)12-14-26-3;/h1,8-9,15H,6-7,10-14,16-17H2,2-4H3,(H2,23,24,25);1H. The summed E-state index contributed by atoms with van der Waals surface area (Å²) in [5.74, 6) is 4.61. The number of guanidine groups is 1. The van der Waals surface area contributed by atoms with Crippen LogP contribution in [-0.2, 0) is 11.3 Å². The van der Waals surface area contributed by atoms with E-state index in [1.165, 1.54) is 19.3 Å². The molecule has 0 aromatic heterocycles. The minimum Gasteiger partial charge on any atom is -0.493 e. The van der Waals surface area contributed by atoms with Gasteiger partial charge in [0.15, 0.2) is 17.5 Å². The highest BCUT2D eigenvalue weighted by atomic mass is 127. The molecule has 1 aliphatic rings. The fraction of sp³-hybridized carbons (Fsp3) is 0.591. The molecule has 0 radical (unpaired) electrons. The number of benzene rings is 1. The Morgan fingerprint density at radius 1 is 1.24 bits per heavy atom. The minimum absolute atomic E-state index is 0. The van der Waals surface area contributed by atoms with E-state index in [-0.39, 0.29) is 30.6 Å². The van der Waals surface area contributed by atoms with Crippen LogP contribution in [0.15, 0.2) is 23.2 Å². The van der Waals surface area contributed by atoms with Crippen LogP contribution in [0.1, 0.15) is 38.2 Å². The van der Waals surface area contributed by atoms with Gasteiger partial charge in [0, 0.05) is 26.8 Å². The van der Waals surface area contributed by atoms with E-state index in [1.54, 1.807) is 14.2 Å². The van der Waals surface area contributed by atoms with Crippen LogP contribution in [0.25, 0.3) is 0 Å². The van der Waals surface area contributed by atoms with Gasteiger partial charge in [0.1, 0.15) is 6.61 Å². The SMILES string of the molecule is C#CCOc1cc(CN=C(NCC)NCC2(CCOC)CCC2)ccc1OC.I. The van der Waals surface area contributed by atoms with Gasteiger partial charge >= 0.3 is 0 Å². The number of rotatable bonds is 11. The first kappa shape index (κ1) is 25.4. The third kappa shape index (κ3) is 7.94. The molecule has 7 heteroatoms. The van der Waals surface area contributed by atoms with Gasteiger partial charge in [-0.1, -0.05) is 18.4 Å². The highest BCUT2D eigenvalue weighted by molar-refractivity contribution is 14.0. The molecule has 1 aliphatic carbocycles. The lowest BCUT2D eigenvalue weighted by Gasteiger charge is -2.42. The Morgan fingerprint density at radius 2 is 2.03 bits per heavy atom. The maximum Gasteiger partial charge on any atom is 0.191 e. The van der Waals surface area contributed by atoms with Crippen LogP contribution in [0.5, 0.6) is 11.5 Å². The Bertz CT molecular complexity index is 684. The highest BCUT2D eigenvalue weighted by Gasteiger charge is 2.36. The van der Waals surface area contributed by atoms with Gasteiger partial charge in [0.05, 0.1) is 13.7 Å². The van der Waals surface area contributed by atoms with Crippen LogP contribution in [0, 0.1) is 17.8 Å². The van der Waals surface area contributed by atoms with E-state index in [0.717, 1.165) is 37.6 Å². The van der Waals surface area contributed by atoms with E-state index in [2.05, 4.69) is 23.5 Å². The first-order valence-electron chi connectivity index (χ1n) is 9.90. The second kappa shape index (κ2) is 13.5. The molecule has 2 N–H and O–H groups in total. The second-order valence-corrected chi connectivity index (χ2v) is 7.12. The third-order valence-electron chi connectivity index (χ3n) is 5.18. The van der Waals surface area contributed by atoms with Gasteiger partial charge in [-0.2, -0.15) is 0 Å². The number of terminal acetylenes is 1. The number of hydrogen-bond donors (Lipinski definition) is 2. The Hall–Kier alpha value is -1.66. The number of ether oxygens (including phenoxy) is 3. The van der Waals surface area contributed by atoms with Crippen LogP contribution in [-0.4, -0.2) is 46.5 Å². The molecule has 0 amide bonds. The van der Waals surface area contributed by atoms with Gasteiger partial charge in [-0.05, 0) is 49.3 Å². The van der Waals surface area contributed by atoms with E-state index in [4.69, 9.17) is 25.6 Å². The number of hydrogen-bond acceptors (Lipinski definition) is 4. The molecular weight excluding hydrogens is 481 g/mol.